The average molecular weight is 250 g/mol. The number of hydrogen-bond acceptors (Lipinski definition) is 2. The zero-order chi connectivity index (χ0) is 9.68. The topological polar surface area (TPSA) is 38.3 Å². The molecule has 13 heavy (non-hydrogen) atoms. The van der Waals surface area contributed by atoms with E-state index in [-0.39, 0.29) is 17.9 Å². The average Bonchev–Trinajstić information content (AvgIpc) is 2.19. The first-order valence-electron chi connectivity index (χ1n) is 4.68. The van der Waals surface area contributed by atoms with Crippen LogP contribution in [-0.4, -0.2) is 30.5 Å². The van der Waals surface area contributed by atoms with Crippen LogP contribution in [0.25, 0.3) is 0 Å². The van der Waals surface area contributed by atoms with Crippen molar-refractivity contribution in [2.75, 3.05) is 18.5 Å². The van der Waals surface area contributed by atoms with Gasteiger partial charge in [-0.1, -0.05) is 15.9 Å². The van der Waals surface area contributed by atoms with Crippen LogP contribution in [0.4, 0.5) is 0 Å². The standard InChI is InChI=1S/C9H16BrNO2/c1-7(5-10)11-9(12)8-3-2-4-13-6-8/h7-8H,2-6H2,1H3,(H,11,12). The van der Waals surface area contributed by atoms with Crippen LogP contribution in [-0.2, 0) is 9.53 Å². The van der Waals surface area contributed by atoms with Crippen molar-refractivity contribution in [3.8, 4) is 0 Å². The second-order valence-electron chi connectivity index (χ2n) is 3.48. The molecule has 1 fully saturated rings. The molecule has 1 aliphatic heterocycles. The van der Waals surface area contributed by atoms with Crippen molar-refractivity contribution in [1.29, 1.82) is 0 Å². The minimum atomic E-state index is 0.0650. The second kappa shape index (κ2) is 5.60. The lowest BCUT2D eigenvalue weighted by atomic mass is 10.0. The molecule has 1 rings (SSSR count). The summed E-state index contributed by atoms with van der Waals surface area (Å²) in [5, 5.41) is 3.73. The Morgan fingerprint density at radius 3 is 3.08 bits per heavy atom. The molecule has 76 valence electrons. The summed E-state index contributed by atoms with van der Waals surface area (Å²) in [4.78, 5) is 11.6. The molecular formula is C9H16BrNO2. The molecule has 0 aliphatic carbocycles. The Morgan fingerprint density at radius 1 is 1.77 bits per heavy atom. The molecule has 1 heterocycles. The minimum absolute atomic E-state index is 0.0650. The van der Waals surface area contributed by atoms with Gasteiger partial charge in [-0.3, -0.25) is 4.79 Å². The number of carbonyl (C=O) groups excluding carboxylic acids is 1. The summed E-state index contributed by atoms with van der Waals surface area (Å²) in [6.45, 7) is 3.37. The lowest BCUT2D eigenvalue weighted by molar-refractivity contribution is -0.129. The number of hydrogen-bond donors (Lipinski definition) is 1. The van der Waals surface area contributed by atoms with Gasteiger partial charge in [0, 0.05) is 18.0 Å². The van der Waals surface area contributed by atoms with Gasteiger partial charge in [-0.05, 0) is 19.8 Å². The van der Waals surface area contributed by atoms with E-state index in [1.807, 2.05) is 6.92 Å². The highest BCUT2D eigenvalue weighted by atomic mass is 79.9. The fourth-order valence-electron chi connectivity index (χ4n) is 1.35. The van der Waals surface area contributed by atoms with Crippen LogP contribution in [0.5, 0.6) is 0 Å². The van der Waals surface area contributed by atoms with Crippen LogP contribution in [0.15, 0.2) is 0 Å². The molecule has 4 heteroatoms. The van der Waals surface area contributed by atoms with Crippen LogP contribution in [0.1, 0.15) is 19.8 Å². The number of rotatable bonds is 3. The molecule has 1 amide bonds. The highest BCUT2D eigenvalue weighted by Crippen LogP contribution is 2.13. The number of ether oxygens (including phenoxy) is 1. The second-order valence-corrected chi connectivity index (χ2v) is 4.13. The first kappa shape index (κ1) is 11.0. The van der Waals surface area contributed by atoms with Gasteiger partial charge in [0.2, 0.25) is 5.91 Å². The van der Waals surface area contributed by atoms with Crippen molar-refractivity contribution in [1.82, 2.24) is 5.32 Å². The Hall–Kier alpha value is -0.0900. The van der Waals surface area contributed by atoms with E-state index in [0.29, 0.717) is 6.61 Å². The Balaban J connectivity index is 2.29. The van der Waals surface area contributed by atoms with Crippen LogP contribution in [0, 0.1) is 5.92 Å². The molecule has 3 nitrogen and oxygen atoms in total. The van der Waals surface area contributed by atoms with E-state index in [9.17, 15) is 4.79 Å². The van der Waals surface area contributed by atoms with Gasteiger partial charge in [0.1, 0.15) is 0 Å². The maximum atomic E-state index is 11.6. The van der Waals surface area contributed by atoms with Crippen molar-refractivity contribution in [2.45, 2.75) is 25.8 Å². The van der Waals surface area contributed by atoms with Crippen molar-refractivity contribution in [2.24, 2.45) is 5.92 Å². The van der Waals surface area contributed by atoms with Crippen molar-refractivity contribution in [3.05, 3.63) is 0 Å². The van der Waals surface area contributed by atoms with E-state index in [2.05, 4.69) is 21.2 Å². The van der Waals surface area contributed by atoms with Gasteiger partial charge in [0.25, 0.3) is 0 Å². The fourth-order valence-corrected chi connectivity index (χ4v) is 1.51. The Bertz CT molecular complexity index is 169. The molecule has 0 radical (unpaired) electrons. The summed E-state index contributed by atoms with van der Waals surface area (Å²) < 4.78 is 5.25. The van der Waals surface area contributed by atoms with E-state index in [1.54, 1.807) is 0 Å². The molecule has 0 bridgehead atoms. The van der Waals surface area contributed by atoms with Crippen molar-refractivity contribution in [3.63, 3.8) is 0 Å². The quantitative estimate of drug-likeness (QED) is 0.767. The van der Waals surface area contributed by atoms with Gasteiger partial charge >= 0.3 is 0 Å². The number of amides is 1. The molecule has 0 aromatic carbocycles. The molecule has 0 aromatic rings. The van der Waals surface area contributed by atoms with Crippen LogP contribution < -0.4 is 5.32 Å². The van der Waals surface area contributed by atoms with E-state index in [0.717, 1.165) is 24.8 Å². The monoisotopic (exact) mass is 249 g/mol. The van der Waals surface area contributed by atoms with Crippen molar-refractivity contribution < 1.29 is 9.53 Å². The van der Waals surface area contributed by atoms with Gasteiger partial charge < -0.3 is 10.1 Å². The number of alkyl halides is 1. The summed E-state index contributed by atoms with van der Waals surface area (Å²) >= 11 is 3.32. The maximum absolute atomic E-state index is 11.6. The Morgan fingerprint density at radius 2 is 2.54 bits per heavy atom. The lowest BCUT2D eigenvalue weighted by Gasteiger charge is -2.22. The smallest absolute Gasteiger partial charge is 0.225 e. The Labute approximate surface area is 87.3 Å². The van der Waals surface area contributed by atoms with Gasteiger partial charge in [-0.2, -0.15) is 0 Å². The van der Waals surface area contributed by atoms with E-state index in [1.165, 1.54) is 0 Å². The first-order chi connectivity index (χ1) is 6.24. The van der Waals surface area contributed by atoms with Gasteiger partial charge in [0.15, 0.2) is 0 Å². The summed E-state index contributed by atoms with van der Waals surface area (Å²) in [6.07, 6.45) is 1.96. The molecule has 1 aliphatic rings. The molecule has 0 spiro atoms. The van der Waals surface area contributed by atoms with E-state index < -0.39 is 0 Å². The van der Waals surface area contributed by atoms with E-state index in [4.69, 9.17) is 4.74 Å². The number of carbonyl (C=O) groups is 1. The largest absolute Gasteiger partial charge is 0.381 e. The highest BCUT2D eigenvalue weighted by molar-refractivity contribution is 9.09. The van der Waals surface area contributed by atoms with Crippen molar-refractivity contribution >= 4 is 21.8 Å². The zero-order valence-electron chi connectivity index (χ0n) is 7.88. The maximum Gasteiger partial charge on any atom is 0.225 e. The van der Waals surface area contributed by atoms with Crippen LogP contribution in [0.3, 0.4) is 0 Å². The summed E-state index contributed by atoms with van der Waals surface area (Å²) in [5.41, 5.74) is 0. The zero-order valence-corrected chi connectivity index (χ0v) is 9.47. The molecule has 2 unspecified atom stereocenters. The molecular weight excluding hydrogens is 234 g/mol. The molecule has 0 saturated carbocycles. The third kappa shape index (κ3) is 3.65. The third-order valence-electron chi connectivity index (χ3n) is 2.15. The number of nitrogens with one attached hydrogen (secondary N) is 1. The molecule has 0 aromatic heterocycles. The summed E-state index contributed by atoms with van der Waals surface area (Å²) in [6, 6.07) is 0.203. The van der Waals surface area contributed by atoms with Gasteiger partial charge in [-0.25, -0.2) is 0 Å². The van der Waals surface area contributed by atoms with Gasteiger partial charge in [-0.15, -0.1) is 0 Å². The highest BCUT2D eigenvalue weighted by Gasteiger charge is 2.22. The molecule has 2 atom stereocenters. The molecule has 1 N–H and O–H groups in total. The predicted octanol–water partition coefficient (Wildman–Crippen LogP) is 1.31. The summed E-state index contributed by atoms with van der Waals surface area (Å²) in [5.74, 6) is 0.196. The third-order valence-corrected chi connectivity index (χ3v) is 3.12. The number of halogens is 1. The molecule has 1 saturated heterocycles. The fraction of sp³-hybridized carbons (Fsp3) is 0.889. The first-order valence-corrected chi connectivity index (χ1v) is 5.80. The minimum Gasteiger partial charge on any atom is -0.381 e. The lowest BCUT2D eigenvalue weighted by Crippen LogP contribution is -2.40. The predicted molar refractivity (Wildman–Crippen MR) is 54.9 cm³/mol. The summed E-state index contributed by atoms with van der Waals surface area (Å²) in [7, 11) is 0. The normalized spacial score (nSPS) is 25.2. The van der Waals surface area contributed by atoms with Crippen LogP contribution in [0.2, 0.25) is 0 Å². The Kier molecular flexibility index (Phi) is 4.73. The van der Waals surface area contributed by atoms with Crippen LogP contribution >= 0.6 is 15.9 Å². The SMILES string of the molecule is CC(CBr)NC(=O)C1CCCOC1. The van der Waals surface area contributed by atoms with Gasteiger partial charge in [0.05, 0.1) is 12.5 Å². The van der Waals surface area contributed by atoms with E-state index >= 15 is 0 Å².